The molecule has 0 radical (unpaired) electrons. The molecule has 0 spiro atoms. The van der Waals surface area contributed by atoms with E-state index >= 15 is 0 Å². The fraction of sp³-hybridized carbons (Fsp3) is 0.800. The molecule has 0 bridgehead atoms. The summed E-state index contributed by atoms with van der Waals surface area (Å²) >= 11 is 0. The number of hydrogen-bond acceptors (Lipinski definition) is 4. The second kappa shape index (κ2) is 3.90. The average Bonchev–Trinajstić information content (AvgIpc) is 2.67. The highest BCUT2D eigenvalue weighted by atomic mass is 16.3. The SMILES string of the molecule is Cn1cc(C2(CN)CCC(O)CC2)nn1. The fourth-order valence-electron chi connectivity index (χ4n) is 2.31. The van der Waals surface area contributed by atoms with Crippen LogP contribution >= 0.6 is 0 Å². The van der Waals surface area contributed by atoms with Crippen LogP contribution in [0.25, 0.3) is 0 Å². The summed E-state index contributed by atoms with van der Waals surface area (Å²) in [5.41, 5.74) is 6.78. The van der Waals surface area contributed by atoms with Gasteiger partial charge in [-0.25, -0.2) is 0 Å². The van der Waals surface area contributed by atoms with E-state index in [-0.39, 0.29) is 11.5 Å². The maximum absolute atomic E-state index is 9.51. The van der Waals surface area contributed by atoms with Crippen molar-refractivity contribution in [2.45, 2.75) is 37.2 Å². The first-order chi connectivity index (χ1) is 7.16. The molecule has 1 fully saturated rings. The maximum Gasteiger partial charge on any atom is 0.0901 e. The lowest BCUT2D eigenvalue weighted by Gasteiger charge is -2.36. The van der Waals surface area contributed by atoms with Crippen LogP contribution in [0.5, 0.6) is 0 Å². The Kier molecular flexibility index (Phi) is 2.75. The summed E-state index contributed by atoms with van der Waals surface area (Å²) in [5, 5.41) is 17.6. The first-order valence-electron chi connectivity index (χ1n) is 5.41. The van der Waals surface area contributed by atoms with Gasteiger partial charge in [0.05, 0.1) is 11.8 Å². The van der Waals surface area contributed by atoms with Gasteiger partial charge in [-0.05, 0) is 25.7 Å². The molecule has 2 rings (SSSR count). The summed E-state index contributed by atoms with van der Waals surface area (Å²) in [6.45, 7) is 0.582. The van der Waals surface area contributed by atoms with Crippen LogP contribution in [0.1, 0.15) is 31.4 Å². The molecular formula is C10H18N4O. The van der Waals surface area contributed by atoms with Crippen molar-refractivity contribution in [3.63, 3.8) is 0 Å². The average molecular weight is 210 g/mol. The predicted octanol–water partition coefficient (Wildman–Crippen LogP) is -0.0535. The van der Waals surface area contributed by atoms with Gasteiger partial charge in [0.2, 0.25) is 0 Å². The minimum atomic E-state index is -0.165. The van der Waals surface area contributed by atoms with E-state index in [1.165, 1.54) is 0 Å². The molecule has 1 aromatic heterocycles. The smallest absolute Gasteiger partial charge is 0.0901 e. The summed E-state index contributed by atoms with van der Waals surface area (Å²) in [4.78, 5) is 0. The van der Waals surface area contributed by atoms with E-state index in [0.29, 0.717) is 6.54 Å². The van der Waals surface area contributed by atoms with E-state index in [2.05, 4.69) is 10.3 Å². The highest BCUT2D eigenvalue weighted by molar-refractivity contribution is 5.15. The van der Waals surface area contributed by atoms with Crippen LogP contribution in [0.4, 0.5) is 0 Å². The quantitative estimate of drug-likeness (QED) is 0.717. The third-order valence-electron chi connectivity index (χ3n) is 3.45. The summed E-state index contributed by atoms with van der Waals surface area (Å²) in [7, 11) is 1.86. The van der Waals surface area contributed by atoms with Crippen LogP contribution < -0.4 is 5.73 Å². The van der Waals surface area contributed by atoms with Gasteiger partial charge in [0.1, 0.15) is 0 Å². The number of aromatic nitrogens is 3. The molecule has 0 amide bonds. The first-order valence-corrected chi connectivity index (χ1v) is 5.41. The molecule has 0 aromatic carbocycles. The van der Waals surface area contributed by atoms with Gasteiger partial charge in [-0.2, -0.15) is 0 Å². The maximum atomic E-state index is 9.51. The Bertz CT molecular complexity index is 328. The molecule has 84 valence electrons. The van der Waals surface area contributed by atoms with Crippen LogP contribution in [0.2, 0.25) is 0 Å². The number of nitrogens with zero attached hydrogens (tertiary/aromatic N) is 3. The summed E-state index contributed by atoms with van der Waals surface area (Å²) in [5.74, 6) is 0. The first kappa shape index (κ1) is 10.6. The molecule has 1 aliphatic carbocycles. The standard InChI is InChI=1S/C10H18N4O/c1-14-6-9(12-13-14)10(7-11)4-2-8(15)3-5-10/h6,8,15H,2-5,7,11H2,1H3. The van der Waals surface area contributed by atoms with Crippen LogP contribution in [-0.2, 0) is 12.5 Å². The Balaban J connectivity index is 2.22. The molecule has 1 aliphatic rings. The Labute approximate surface area is 89.3 Å². The summed E-state index contributed by atoms with van der Waals surface area (Å²) < 4.78 is 1.71. The van der Waals surface area contributed by atoms with Crippen LogP contribution in [0.3, 0.4) is 0 Å². The van der Waals surface area contributed by atoms with Crippen molar-refractivity contribution in [2.75, 3.05) is 6.54 Å². The number of aryl methyl sites for hydroxylation is 1. The molecule has 0 unspecified atom stereocenters. The van der Waals surface area contributed by atoms with Crippen molar-refractivity contribution in [3.8, 4) is 0 Å². The zero-order chi connectivity index (χ0) is 10.9. The molecule has 0 saturated heterocycles. The van der Waals surface area contributed by atoms with Gasteiger partial charge in [0, 0.05) is 25.2 Å². The van der Waals surface area contributed by atoms with Crippen LogP contribution in [0, 0.1) is 0 Å². The van der Waals surface area contributed by atoms with Gasteiger partial charge in [-0.1, -0.05) is 5.21 Å². The van der Waals surface area contributed by atoms with Gasteiger partial charge in [-0.3, -0.25) is 4.68 Å². The van der Waals surface area contributed by atoms with E-state index < -0.39 is 0 Å². The third-order valence-corrected chi connectivity index (χ3v) is 3.45. The van der Waals surface area contributed by atoms with Gasteiger partial charge in [-0.15, -0.1) is 5.10 Å². The largest absolute Gasteiger partial charge is 0.393 e. The molecule has 1 aromatic rings. The number of nitrogens with two attached hydrogens (primary N) is 1. The number of hydrogen-bond donors (Lipinski definition) is 2. The lowest BCUT2D eigenvalue weighted by molar-refractivity contribution is 0.0961. The second-order valence-electron chi connectivity index (χ2n) is 4.49. The fourth-order valence-corrected chi connectivity index (χ4v) is 2.31. The van der Waals surface area contributed by atoms with Gasteiger partial charge in [0.25, 0.3) is 0 Å². The van der Waals surface area contributed by atoms with Crippen LogP contribution in [0.15, 0.2) is 6.20 Å². The third kappa shape index (κ3) is 1.89. The molecule has 3 N–H and O–H groups in total. The molecule has 5 nitrogen and oxygen atoms in total. The van der Waals surface area contributed by atoms with Crippen molar-refractivity contribution >= 4 is 0 Å². The number of rotatable bonds is 2. The van der Waals surface area contributed by atoms with Gasteiger partial charge in [0.15, 0.2) is 0 Å². The highest BCUT2D eigenvalue weighted by Crippen LogP contribution is 2.37. The topological polar surface area (TPSA) is 77.0 Å². The summed E-state index contributed by atoms with van der Waals surface area (Å²) in [6, 6.07) is 0. The van der Waals surface area contributed by atoms with E-state index in [1.54, 1.807) is 4.68 Å². The zero-order valence-corrected chi connectivity index (χ0v) is 9.06. The van der Waals surface area contributed by atoms with E-state index in [9.17, 15) is 5.11 Å². The zero-order valence-electron chi connectivity index (χ0n) is 9.06. The lowest BCUT2D eigenvalue weighted by atomic mass is 9.71. The van der Waals surface area contributed by atoms with E-state index in [0.717, 1.165) is 31.4 Å². The van der Waals surface area contributed by atoms with E-state index in [4.69, 9.17) is 5.73 Å². The van der Waals surface area contributed by atoms with Crippen LogP contribution in [-0.4, -0.2) is 32.7 Å². The Morgan fingerprint density at radius 2 is 2.27 bits per heavy atom. The number of aliphatic hydroxyl groups is 1. The normalized spacial score (nSPS) is 31.8. The predicted molar refractivity (Wildman–Crippen MR) is 56.2 cm³/mol. The molecule has 1 saturated carbocycles. The molecule has 0 atom stereocenters. The van der Waals surface area contributed by atoms with Crippen molar-refractivity contribution < 1.29 is 5.11 Å². The van der Waals surface area contributed by atoms with Gasteiger partial charge < -0.3 is 10.8 Å². The monoisotopic (exact) mass is 210 g/mol. The molecule has 1 heterocycles. The lowest BCUT2D eigenvalue weighted by Crippen LogP contribution is -2.40. The Hall–Kier alpha value is -0.940. The van der Waals surface area contributed by atoms with Crippen molar-refractivity contribution in [1.82, 2.24) is 15.0 Å². The van der Waals surface area contributed by atoms with E-state index in [1.807, 2.05) is 13.2 Å². The molecular weight excluding hydrogens is 192 g/mol. The van der Waals surface area contributed by atoms with Crippen molar-refractivity contribution in [1.29, 1.82) is 0 Å². The highest BCUT2D eigenvalue weighted by Gasteiger charge is 2.37. The number of aliphatic hydroxyl groups excluding tert-OH is 1. The minimum absolute atomic E-state index is 0.0620. The Morgan fingerprint density at radius 1 is 1.60 bits per heavy atom. The van der Waals surface area contributed by atoms with Gasteiger partial charge >= 0.3 is 0 Å². The summed E-state index contributed by atoms with van der Waals surface area (Å²) in [6.07, 6.45) is 5.21. The van der Waals surface area contributed by atoms with Crippen molar-refractivity contribution in [2.24, 2.45) is 12.8 Å². The Morgan fingerprint density at radius 3 is 2.73 bits per heavy atom. The minimum Gasteiger partial charge on any atom is -0.393 e. The molecule has 15 heavy (non-hydrogen) atoms. The second-order valence-corrected chi connectivity index (χ2v) is 4.49. The van der Waals surface area contributed by atoms with Crippen molar-refractivity contribution in [3.05, 3.63) is 11.9 Å². The molecule has 5 heteroatoms. The molecule has 0 aliphatic heterocycles.